The minimum atomic E-state index is -0.146. The van der Waals surface area contributed by atoms with Gasteiger partial charge in [0.1, 0.15) is 0 Å². The number of hydrogen-bond acceptors (Lipinski definition) is 4. The van der Waals surface area contributed by atoms with E-state index in [-0.39, 0.29) is 11.5 Å². The summed E-state index contributed by atoms with van der Waals surface area (Å²) in [7, 11) is 0. The van der Waals surface area contributed by atoms with E-state index in [4.69, 9.17) is 0 Å². The van der Waals surface area contributed by atoms with Gasteiger partial charge < -0.3 is 4.90 Å². The van der Waals surface area contributed by atoms with Crippen LogP contribution in [-0.2, 0) is 17.8 Å². The number of aryl methyl sites for hydroxylation is 1. The first-order chi connectivity index (χ1) is 15.2. The number of carbonyl (C=O) groups is 1. The number of rotatable bonds is 7. The summed E-state index contributed by atoms with van der Waals surface area (Å²) in [5, 5.41) is 4.45. The average molecular weight is 417 g/mol. The summed E-state index contributed by atoms with van der Waals surface area (Å²) in [6, 6.07) is 17.5. The molecule has 0 unspecified atom stereocenters. The quantitative estimate of drug-likeness (QED) is 0.591. The molecule has 1 fully saturated rings. The number of carbonyl (C=O) groups excluding carboxylic acids is 1. The standard InChI is InChI=1S/C25H28N4O2/c30-24(28-17-12-21(13-18-28)19-20-5-2-1-3-6-20)7-4-16-29-25(31)9-8-23(27-29)22-10-14-26-15-11-22/h1-3,5-6,8-11,14-15,21H,4,7,12-13,16-19H2. The molecule has 3 heterocycles. The first-order valence-electron chi connectivity index (χ1n) is 11.0. The highest BCUT2D eigenvalue weighted by Crippen LogP contribution is 2.22. The number of hydrogen-bond donors (Lipinski definition) is 0. The fourth-order valence-electron chi connectivity index (χ4n) is 4.16. The Labute approximate surface area is 182 Å². The highest BCUT2D eigenvalue weighted by molar-refractivity contribution is 5.76. The summed E-state index contributed by atoms with van der Waals surface area (Å²) in [5.41, 5.74) is 2.87. The van der Waals surface area contributed by atoms with E-state index in [1.54, 1.807) is 18.5 Å². The fraction of sp³-hybridized carbons (Fsp3) is 0.360. The largest absolute Gasteiger partial charge is 0.343 e. The van der Waals surface area contributed by atoms with Gasteiger partial charge in [0.25, 0.3) is 5.56 Å². The lowest BCUT2D eigenvalue weighted by atomic mass is 9.90. The molecule has 31 heavy (non-hydrogen) atoms. The lowest BCUT2D eigenvalue weighted by molar-refractivity contribution is -0.132. The smallest absolute Gasteiger partial charge is 0.266 e. The molecule has 6 heteroatoms. The summed E-state index contributed by atoms with van der Waals surface area (Å²) in [4.78, 5) is 30.8. The Hall–Kier alpha value is -3.28. The molecule has 1 saturated heterocycles. The van der Waals surface area contributed by atoms with E-state index in [2.05, 4.69) is 34.3 Å². The molecule has 0 spiro atoms. The van der Waals surface area contributed by atoms with E-state index in [9.17, 15) is 9.59 Å². The van der Waals surface area contributed by atoms with Crippen molar-refractivity contribution in [2.75, 3.05) is 13.1 Å². The minimum absolute atomic E-state index is 0.146. The van der Waals surface area contributed by atoms with E-state index >= 15 is 0 Å². The van der Waals surface area contributed by atoms with E-state index in [1.165, 1.54) is 16.3 Å². The minimum Gasteiger partial charge on any atom is -0.343 e. The molecule has 3 aromatic rings. The maximum Gasteiger partial charge on any atom is 0.266 e. The van der Waals surface area contributed by atoms with Gasteiger partial charge in [0, 0.05) is 50.1 Å². The first-order valence-corrected chi connectivity index (χ1v) is 11.0. The van der Waals surface area contributed by atoms with Crippen molar-refractivity contribution in [2.24, 2.45) is 5.92 Å². The Morgan fingerprint density at radius 3 is 2.45 bits per heavy atom. The van der Waals surface area contributed by atoms with Crippen LogP contribution in [0.2, 0.25) is 0 Å². The average Bonchev–Trinajstić information content (AvgIpc) is 2.82. The van der Waals surface area contributed by atoms with Crippen LogP contribution in [0, 0.1) is 5.92 Å². The highest BCUT2D eigenvalue weighted by Gasteiger charge is 2.22. The summed E-state index contributed by atoms with van der Waals surface area (Å²) < 4.78 is 1.45. The second-order valence-electron chi connectivity index (χ2n) is 8.13. The van der Waals surface area contributed by atoms with Crippen LogP contribution in [0.4, 0.5) is 0 Å². The van der Waals surface area contributed by atoms with Crippen molar-refractivity contribution < 1.29 is 4.79 Å². The van der Waals surface area contributed by atoms with Crippen molar-refractivity contribution >= 4 is 5.91 Å². The molecular formula is C25H28N4O2. The number of benzene rings is 1. The Bertz CT molecular complexity index is 1040. The third-order valence-corrected chi connectivity index (χ3v) is 5.94. The second-order valence-corrected chi connectivity index (χ2v) is 8.13. The van der Waals surface area contributed by atoms with Crippen molar-refractivity contribution in [1.29, 1.82) is 0 Å². The van der Waals surface area contributed by atoms with Crippen LogP contribution < -0.4 is 5.56 Å². The van der Waals surface area contributed by atoms with E-state index in [1.807, 2.05) is 23.1 Å². The number of amides is 1. The van der Waals surface area contributed by atoms with Crippen molar-refractivity contribution in [3.8, 4) is 11.3 Å². The topological polar surface area (TPSA) is 68.1 Å². The van der Waals surface area contributed by atoms with Crippen molar-refractivity contribution in [3.63, 3.8) is 0 Å². The lowest BCUT2D eigenvalue weighted by Gasteiger charge is -2.32. The molecule has 1 aliphatic rings. The van der Waals surface area contributed by atoms with Gasteiger partial charge in [-0.1, -0.05) is 30.3 Å². The molecular weight excluding hydrogens is 388 g/mol. The van der Waals surface area contributed by atoms with Gasteiger partial charge in [-0.05, 0) is 55.4 Å². The molecule has 1 aliphatic heterocycles. The van der Waals surface area contributed by atoms with Crippen molar-refractivity contribution in [3.05, 3.63) is 82.9 Å². The van der Waals surface area contributed by atoms with E-state index in [0.717, 1.165) is 43.6 Å². The fourth-order valence-corrected chi connectivity index (χ4v) is 4.16. The molecule has 0 atom stereocenters. The summed E-state index contributed by atoms with van der Waals surface area (Å²) in [5.74, 6) is 0.821. The van der Waals surface area contributed by atoms with Crippen LogP contribution in [0.1, 0.15) is 31.2 Å². The van der Waals surface area contributed by atoms with Crippen LogP contribution in [0.15, 0.2) is 71.8 Å². The molecule has 6 nitrogen and oxygen atoms in total. The Morgan fingerprint density at radius 1 is 0.968 bits per heavy atom. The molecule has 0 aliphatic carbocycles. The van der Waals surface area contributed by atoms with Gasteiger partial charge in [0.15, 0.2) is 0 Å². The molecule has 160 valence electrons. The summed E-state index contributed by atoms with van der Waals surface area (Å²) in [6.45, 7) is 2.09. The van der Waals surface area contributed by atoms with Gasteiger partial charge in [0.2, 0.25) is 5.91 Å². The predicted octanol–water partition coefficient (Wildman–Crippen LogP) is 3.57. The summed E-state index contributed by atoms with van der Waals surface area (Å²) >= 11 is 0. The summed E-state index contributed by atoms with van der Waals surface area (Å²) in [6.07, 6.45) is 7.64. The zero-order valence-corrected chi connectivity index (χ0v) is 17.7. The molecule has 0 radical (unpaired) electrons. The zero-order valence-electron chi connectivity index (χ0n) is 17.7. The van der Waals surface area contributed by atoms with Crippen molar-refractivity contribution in [2.45, 2.75) is 38.6 Å². The highest BCUT2D eigenvalue weighted by atomic mass is 16.2. The Morgan fingerprint density at radius 2 is 1.71 bits per heavy atom. The molecule has 1 amide bonds. The van der Waals surface area contributed by atoms with Gasteiger partial charge in [-0.3, -0.25) is 14.6 Å². The molecule has 0 saturated carbocycles. The number of aromatic nitrogens is 3. The monoisotopic (exact) mass is 416 g/mol. The Balaban J connectivity index is 1.25. The second kappa shape index (κ2) is 10.2. The first kappa shape index (κ1) is 21.0. The normalized spacial score (nSPS) is 14.5. The van der Waals surface area contributed by atoms with Gasteiger partial charge in [-0.2, -0.15) is 5.10 Å². The van der Waals surface area contributed by atoms with Crippen LogP contribution >= 0.6 is 0 Å². The number of pyridine rings is 1. The SMILES string of the molecule is O=C(CCCn1nc(-c2ccncc2)ccc1=O)N1CCC(Cc2ccccc2)CC1. The van der Waals surface area contributed by atoms with Gasteiger partial charge in [0.05, 0.1) is 5.69 Å². The third-order valence-electron chi connectivity index (χ3n) is 5.94. The number of likely N-dealkylation sites (tertiary alicyclic amines) is 1. The van der Waals surface area contributed by atoms with Gasteiger partial charge >= 0.3 is 0 Å². The number of nitrogens with zero attached hydrogens (tertiary/aromatic N) is 4. The molecule has 4 rings (SSSR count). The van der Waals surface area contributed by atoms with E-state index in [0.29, 0.717) is 25.3 Å². The van der Waals surface area contributed by atoms with Crippen LogP contribution in [0.3, 0.4) is 0 Å². The Kier molecular flexibility index (Phi) is 6.87. The van der Waals surface area contributed by atoms with Crippen LogP contribution in [-0.4, -0.2) is 38.7 Å². The van der Waals surface area contributed by atoms with Crippen molar-refractivity contribution in [1.82, 2.24) is 19.7 Å². The maximum atomic E-state index is 12.6. The molecule has 0 N–H and O–H groups in total. The van der Waals surface area contributed by atoms with Crippen LogP contribution in [0.5, 0.6) is 0 Å². The number of piperidine rings is 1. The zero-order chi connectivity index (χ0) is 21.5. The van der Waals surface area contributed by atoms with E-state index < -0.39 is 0 Å². The maximum absolute atomic E-state index is 12.6. The van der Waals surface area contributed by atoms with Crippen LogP contribution in [0.25, 0.3) is 11.3 Å². The third kappa shape index (κ3) is 5.66. The van der Waals surface area contributed by atoms with Gasteiger partial charge in [-0.25, -0.2) is 4.68 Å². The molecule has 1 aromatic carbocycles. The van der Waals surface area contributed by atoms with Gasteiger partial charge in [-0.15, -0.1) is 0 Å². The molecule has 2 aromatic heterocycles. The lowest BCUT2D eigenvalue weighted by Crippen LogP contribution is -2.39. The molecule has 0 bridgehead atoms. The predicted molar refractivity (Wildman–Crippen MR) is 120 cm³/mol.